The van der Waals surface area contributed by atoms with E-state index in [2.05, 4.69) is 9.97 Å². The molecule has 0 unspecified atom stereocenters. The first-order valence-electron chi connectivity index (χ1n) is 9.14. The Bertz CT molecular complexity index is 930. The molecule has 0 radical (unpaired) electrons. The summed E-state index contributed by atoms with van der Waals surface area (Å²) in [7, 11) is 0. The Kier molecular flexibility index (Phi) is 6.55. The molecule has 0 bridgehead atoms. The normalized spacial score (nSPS) is 11.0. The number of unbranched alkanes of at least 4 members (excludes halogenated alkanes) is 1. The van der Waals surface area contributed by atoms with Crippen LogP contribution in [0.25, 0.3) is 0 Å². The van der Waals surface area contributed by atoms with Gasteiger partial charge in [0.25, 0.3) is 11.5 Å². The topological polar surface area (TPSA) is 114 Å². The van der Waals surface area contributed by atoms with Crippen LogP contribution in [0.2, 0.25) is 0 Å². The number of nitrogen functional groups attached to an aromatic ring is 1. The summed E-state index contributed by atoms with van der Waals surface area (Å²) in [4.78, 5) is 45.7. The number of hydrogen-bond acceptors (Lipinski definition) is 5. The van der Waals surface area contributed by atoms with Crippen molar-refractivity contribution in [3.63, 3.8) is 0 Å². The predicted molar refractivity (Wildman–Crippen MR) is 106 cm³/mol. The van der Waals surface area contributed by atoms with Crippen LogP contribution in [0.1, 0.15) is 49.8 Å². The van der Waals surface area contributed by atoms with Crippen molar-refractivity contribution in [3.05, 3.63) is 50.4 Å². The number of carbonyl (C=O) groups is 1. The van der Waals surface area contributed by atoms with Crippen LogP contribution in [-0.4, -0.2) is 27.0 Å². The van der Waals surface area contributed by atoms with E-state index >= 15 is 0 Å². The van der Waals surface area contributed by atoms with E-state index in [0.717, 1.165) is 6.42 Å². The quantitative estimate of drug-likeness (QED) is 0.770. The van der Waals surface area contributed by atoms with Gasteiger partial charge in [-0.05, 0) is 31.4 Å². The number of anilines is 2. The molecule has 2 heterocycles. The van der Waals surface area contributed by atoms with E-state index in [-0.39, 0.29) is 23.1 Å². The number of amides is 1. The van der Waals surface area contributed by atoms with Gasteiger partial charge in [0.15, 0.2) is 5.69 Å². The van der Waals surface area contributed by atoms with Gasteiger partial charge in [0.2, 0.25) is 0 Å². The molecule has 0 aliphatic rings. The van der Waals surface area contributed by atoms with Crippen LogP contribution in [0.3, 0.4) is 0 Å². The summed E-state index contributed by atoms with van der Waals surface area (Å²) < 4.78 is 1.30. The number of pyridine rings is 1. The summed E-state index contributed by atoms with van der Waals surface area (Å²) in [5, 5.41) is 0. The minimum absolute atomic E-state index is 0.00277. The third-order valence-corrected chi connectivity index (χ3v) is 4.12. The van der Waals surface area contributed by atoms with Crippen molar-refractivity contribution in [1.29, 1.82) is 0 Å². The minimum atomic E-state index is -0.672. The Balaban J connectivity index is 2.61. The molecule has 0 aliphatic carbocycles. The van der Waals surface area contributed by atoms with Gasteiger partial charge in [-0.3, -0.25) is 24.0 Å². The zero-order valence-corrected chi connectivity index (χ0v) is 16.3. The second kappa shape index (κ2) is 8.66. The molecule has 0 saturated carbocycles. The van der Waals surface area contributed by atoms with Crippen molar-refractivity contribution < 1.29 is 4.79 Å². The molecule has 0 fully saturated rings. The number of hydrogen-bond donors (Lipinski definition) is 2. The average Bonchev–Trinajstić information content (AvgIpc) is 2.60. The van der Waals surface area contributed by atoms with Crippen molar-refractivity contribution in [2.24, 2.45) is 5.92 Å². The molecular formula is C19H27N5O3. The molecule has 8 heteroatoms. The highest BCUT2D eigenvalue weighted by atomic mass is 16.2. The molecule has 27 heavy (non-hydrogen) atoms. The lowest BCUT2D eigenvalue weighted by atomic mass is 10.2. The van der Waals surface area contributed by atoms with Gasteiger partial charge < -0.3 is 5.73 Å². The van der Waals surface area contributed by atoms with Gasteiger partial charge >= 0.3 is 5.69 Å². The molecule has 1 amide bonds. The lowest BCUT2D eigenvalue weighted by Crippen LogP contribution is -2.42. The summed E-state index contributed by atoms with van der Waals surface area (Å²) in [6.07, 6.45) is 1.51. The van der Waals surface area contributed by atoms with Crippen molar-refractivity contribution >= 4 is 17.4 Å². The number of nitrogens with two attached hydrogens (primary N) is 1. The lowest BCUT2D eigenvalue weighted by Gasteiger charge is -2.24. The largest absolute Gasteiger partial charge is 0.383 e. The maximum absolute atomic E-state index is 13.1. The Morgan fingerprint density at radius 3 is 2.63 bits per heavy atom. The maximum Gasteiger partial charge on any atom is 0.330 e. The fourth-order valence-corrected chi connectivity index (χ4v) is 2.82. The molecule has 0 aromatic carbocycles. The standard InChI is InChI=1S/C19H27N5O3/c1-5-6-10-23(18(26)14-9-7-8-13(4)21-14)15-16(20)24(11-12(2)3)19(27)22-17(15)25/h7-9,12H,5-6,10-11,20H2,1-4H3,(H,22,25,27). The first kappa shape index (κ1) is 20.4. The maximum atomic E-state index is 13.1. The molecular weight excluding hydrogens is 346 g/mol. The number of aromatic nitrogens is 3. The van der Waals surface area contributed by atoms with Gasteiger partial charge in [-0.15, -0.1) is 0 Å². The van der Waals surface area contributed by atoms with Gasteiger partial charge in [0.1, 0.15) is 11.5 Å². The summed E-state index contributed by atoms with van der Waals surface area (Å²) in [6.45, 7) is 8.30. The molecule has 146 valence electrons. The smallest absolute Gasteiger partial charge is 0.330 e. The van der Waals surface area contributed by atoms with Crippen molar-refractivity contribution in [1.82, 2.24) is 14.5 Å². The molecule has 8 nitrogen and oxygen atoms in total. The third-order valence-electron chi connectivity index (χ3n) is 4.12. The van der Waals surface area contributed by atoms with E-state index in [0.29, 0.717) is 25.2 Å². The molecule has 2 rings (SSSR count). The predicted octanol–water partition coefficient (Wildman–Crippen LogP) is 1.93. The third kappa shape index (κ3) is 4.64. The Labute approximate surface area is 158 Å². The van der Waals surface area contributed by atoms with Crippen LogP contribution in [0.4, 0.5) is 11.5 Å². The number of rotatable bonds is 7. The number of aromatic amines is 1. The lowest BCUT2D eigenvalue weighted by molar-refractivity contribution is 0.0981. The van der Waals surface area contributed by atoms with E-state index in [4.69, 9.17) is 5.73 Å². The van der Waals surface area contributed by atoms with Crippen LogP contribution in [0.5, 0.6) is 0 Å². The van der Waals surface area contributed by atoms with Gasteiger partial charge in [-0.25, -0.2) is 9.78 Å². The second-order valence-electron chi connectivity index (χ2n) is 6.97. The van der Waals surface area contributed by atoms with Crippen LogP contribution >= 0.6 is 0 Å². The highest BCUT2D eigenvalue weighted by molar-refractivity contribution is 6.06. The number of H-pyrrole nitrogens is 1. The average molecular weight is 373 g/mol. The Morgan fingerprint density at radius 2 is 2.04 bits per heavy atom. The van der Waals surface area contributed by atoms with E-state index in [1.807, 2.05) is 20.8 Å². The summed E-state index contributed by atoms with van der Waals surface area (Å²) in [5.41, 5.74) is 5.85. The summed E-state index contributed by atoms with van der Waals surface area (Å²) in [6, 6.07) is 5.13. The molecule has 0 atom stereocenters. The molecule has 3 N–H and O–H groups in total. The van der Waals surface area contributed by atoms with Crippen LogP contribution in [0.15, 0.2) is 27.8 Å². The van der Waals surface area contributed by atoms with Crippen molar-refractivity contribution in [2.75, 3.05) is 17.2 Å². The van der Waals surface area contributed by atoms with Gasteiger partial charge in [0, 0.05) is 18.8 Å². The zero-order valence-electron chi connectivity index (χ0n) is 16.3. The van der Waals surface area contributed by atoms with Gasteiger partial charge in [-0.1, -0.05) is 33.3 Å². The summed E-state index contributed by atoms with van der Waals surface area (Å²) in [5.74, 6) is -0.282. The highest BCUT2D eigenvalue weighted by Gasteiger charge is 2.25. The van der Waals surface area contributed by atoms with E-state index in [1.54, 1.807) is 25.1 Å². The van der Waals surface area contributed by atoms with E-state index in [1.165, 1.54) is 9.47 Å². The fourth-order valence-electron chi connectivity index (χ4n) is 2.82. The highest BCUT2D eigenvalue weighted by Crippen LogP contribution is 2.20. The number of nitrogens with zero attached hydrogens (tertiary/aromatic N) is 3. The first-order valence-corrected chi connectivity index (χ1v) is 9.14. The van der Waals surface area contributed by atoms with E-state index < -0.39 is 17.2 Å². The molecule has 0 aliphatic heterocycles. The minimum Gasteiger partial charge on any atom is -0.383 e. The Morgan fingerprint density at radius 1 is 1.33 bits per heavy atom. The monoisotopic (exact) mass is 373 g/mol. The van der Waals surface area contributed by atoms with Crippen LogP contribution in [-0.2, 0) is 6.54 Å². The van der Waals surface area contributed by atoms with E-state index in [9.17, 15) is 14.4 Å². The number of carbonyl (C=O) groups excluding carboxylic acids is 1. The number of aryl methyl sites for hydroxylation is 1. The second-order valence-corrected chi connectivity index (χ2v) is 6.97. The van der Waals surface area contributed by atoms with Crippen molar-refractivity contribution in [2.45, 2.75) is 47.1 Å². The van der Waals surface area contributed by atoms with Gasteiger partial charge in [0.05, 0.1) is 0 Å². The van der Waals surface area contributed by atoms with Gasteiger partial charge in [-0.2, -0.15) is 0 Å². The fraction of sp³-hybridized carbons (Fsp3) is 0.474. The molecule has 0 saturated heterocycles. The van der Waals surface area contributed by atoms with Crippen molar-refractivity contribution in [3.8, 4) is 0 Å². The first-order chi connectivity index (χ1) is 12.8. The Hall–Kier alpha value is -2.90. The number of nitrogens with one attached hydrogen (secondary N) is 1. The van der Waals surface area contributed by atoms with Crippen LogP contribution in [0, 0.1) is 12.8 Å². The zero-order chi connectivity index (χ0) is 20.1. The molecule has 2 aromatic heterocycles. The molecule has 2 aromatic rings. The SMILES string of the molecule is CCCCN(C(=O)c1cccc(C)n1)c1c(N)n(CC(C)C)c(=O)[nH]c1=O. The summed E-state index contributed by atoms with van der Waals surface area (Å²) >= 11 is 0. The molecule has 0 spiro atoms. The van der Waals surface area contributed by atoms with Crippen LogP contribution < -0.4 is 21.9 Å².